The van der Waals surface area contributed by atoms with Gasteiger partial charge in [0.15, 0.2) is 0 Å². The molecule has 92 valence electrons. The molecule has 0 saturated carbocycles. The second kappa shape index (κ2) is 5.29. The molecule has 0 amide bonds. The summed E-state index contributed by atoms with van der Waals surface area (Å²) in [5.41, 5.74) is -0.260. The molecule has 0 radical (unpaired) electrons. The molecule has 0 saturated heterocycles. The third-order valence-corrected chi connectivity index (χ3v) is 2.31. The van der Waals surface area contributed by atoms with Gasteiger partial charge in [-0.3, -0.25) is 10.1 Å². The number of aromatic carboxylic acids is 1. The van der Waals surface area contributed by atoms with Crippen LogP contribution in [0.4, 0.5) is 5.69 Å². The molecule has 6 nitrogen and oxygen atoms in total. The van der Waals surface area contributed by atoms with E-state index in [1.165, 1.54) is 6.07 Å². The molecule has 0 aliphatic carbocycles. The second-order valence-electron chi connectivity index (χ2n) is 3.58. The Labute approximate surface area is 98.0 Å². The summed E-state index contributed by atoms with van der Waals surface area (Å²) < 4.78 is 5.36. The Morgan fingerprint density at radius 3 is 2.71 bits per heavy atom. The lowest BCUT2D eigenvalue weighted by Crippen LogP contribution is -2.13. The number of carbonyl (C=O) groups is 1. The van der Waals surface area contributed by atoms with Crippen LogP contribution in [0.2, 0.25) is 0 Å². The van der Waals surface area contributed by atoms with Crippen molar-refractivity contribution in [1.29, 1.82) is 0 Å². The van der Waals surface area contributed by atoms with Crippen molar-refractivity contribution in [1.82, 2.24) is 0 Å². The van der Waals surface area contributed by atoms with Gasteiger partial charge in [0.2, 0.25) is 0 Å². The van der Waals surface area contributed by atoms with Gasteiger partial charge in [-0.1, -0.05) is 6.92 Å². The highest BCUT2D eigenvalue weighted by Crippen LogP contribution is 2.26. The van der Waals surface area contributed by atoms with Crippen LogP contribution in [-0.4, -0.2) is 22.1 Å². The lowest BCUT2D eigenvalue weighted by Gasteiger charge is -2.14. The maximum atomic E-state index is 10.9. The zero-order chi connectivity index (χ0) is 13.0. The molecular formula is C11H13NO5. The first-order valence-corrected chi connectivity index (χ1v) is 5.14. The summed E-state index contributed by atoms with van der Waals surface area (Å²) in [6.45, 7) is 3.65. The van der Waals surface area contributed by atoms with Gasteiger partial charge in [-0.25, -0.2) is 4.79 Å². The molecule has 0 fully saturated rings. The monoisotopic (exact) mass is 239 g/mol. The van der Waals surface area contributed by atoms with E-state index >= 15 is 0 Å². The Bertz CT molecular complexity index is 443. The zero-order valence-electron chi connectivity index (χ0n) is 9.54. The van der Waals surface area contributed by atoms with E-state index in [1.54, 1.807) is 6.92 Å². The molecule has 1 aromatic carbocycles. The van der Waals surface area contributed by atoms with E-state index in [0.717, 1.165) is 12.1 Å². The van der Waals surface area contributed by atoms with E-state index < -0.39 is 10.9 Å². The van der Waals surface area contributed by atoms with Gasteiger partial charge in [0.1, 0.15) is 11.3 Å². The molecule has 6 heteroatoms. The number of rotatable bonds is 5. The van der Waals surface area contributed by atoms with Crippen molar-refractivity contribution in [3.63, 3.8) is 0 Å². The molecule has 1 aromatic rings. The highest BCUT2D eigenvalue weighted by Gasteiger charge is 2.17. The number of hydrogen-bond donors (Lipinski definition) is 1. The fraction of sp³-hybridized carbons (Fsp3) is 0.364. The fourth-order valence-electron chi connectivity index (χ4n) is 1.20. The van der Waals surface area contributed by atoms with Gasteiger partial charge in [-0.15, -0.1) is 0 Å². The van der Waals surface area contributed by atoms with Gasteiger partial charge in [-0.2, -0.15) is 0 Å². The first-order chi connectivity index (χ1) is 7.95. The van der Waals surface area contributed by atoms with Crippen LogP contribution in [0.1, 0.15) is 30.6 Å². The molecule has 1 N–H and O–H groups in total. The summed E-state index contributed by atoms with van der Waals surface area (Å²) in [6.07, 6.45) is 0.483. The van der Waals surface area contributed by atoms with Crippen LogP contribution in [0, 0.1) is 10.1 Å². The van der Waals surface area contributed by atoms with Crippen LogP contribution < -0.4 is 4.74 Å². The van der Waals surface area contributed by atoms with Crippen LogP contribution in [0.5, 0.6) is 5.75 Å². The molecule has 0 aliphatic rings. The minimum Gasteiger partial charge on any atom is -0.490 e. The Balaban J connectivity index is 3.15. The molecule has 0 aliphatic heterocycles. The average Bonchev–Trinajstić information content (AvgIpc) is 2.28. The minimum atomic E-state index is -1.17. The maximum Gasteiger partial charge on any atom is 0.339 e. The summed E-state index contributed by atoms with van der Waals surface area (Å²) >= 11 is 0. The minimum absolute atomic E-state index is 0.0288. The van der Waals surface area contributed by atoms with E-state index in [1.807, 2.05) is 6.92 Å². The summed E-state index contributed by atoms with van der Waals surface area (Å²) in [4.78, 5) is 20.9. The van der Waals surface area contributed by atoms with Gasteiger partial charge >= 0.3 is 5.97 Å². The largest absolute Gasteiger partial charge is 0.490 e. The van der Waals surface area contributed by atoms with Gasteiger partial charge < -0.3 is 9.84 Å². The maximum absolute atomic E-state index is 10.9. The van der Waals surface area contributed by atoms with E-state index in [9.17, 15) is 14.9 Å². The lowest BCUT2D eigenvalue weighted by atomic mass is 10.2. The Hall–Kier alpha value is -2.11. The first kappa shape index (κ1) is 13.0. The van der Waals surface area contributed by atoms with Crippen molar-refractivity contribution >= 4 is 11.7 Å². The number of nitrogens with zero attached hydrogens (tertiary/aromatic N) is 1. The number of hydrogen-bond acceptors (Lipinski definition) is 4. The van der Waals surface area contributed by atoms with Crippen LogP contribution >= 0.6 is 0 Å². The number of benzene rings is 1. The predicted molar refractivity (Wildman–Crippen MR) is 60.4 cm³/mol. The molecule has 0 spiro atoms. The van der Waals surface area contributed by atoms with Crippen LogP contribution in [0.25, 0.3) is 0 Å². The summed E-state index contributed by atoms with van der Waals surface area (Å²) in [5.74, 6) is -1.14. The molecular weight excluding hydrogens is 226 g/mol. The second-order valence-corrected chi connectivity index (χ2v) is 3.58. The summed E-state index contributed by atoms with van der Waals surface area (Å²) in [7, 11) is 0. The number of carboxylic acids is 1. The highest BCUT2D eigenvalue weighted by molar-refractivity contribution is 5.91. The number of carboxylic acid groups (broad SMARTS) is 1. The Morgan fingerprint density at radius 1 is 1.59 bits per heavy atom. The van der Waals surface area contributed by atoms with Gasteiger partial charge in [-0.05, 0) is 19.4 Å². The summed E-state index contributed by atoms with van der Waals surface area (Å²) in [5, 5.41) is 19.5. The van der Waals surface area contributed by atoms with Crippen molar-refractivity contribution in [3.05, 3.63) is 33.9 Å². The molecule has 1 rings (SSSR count). The third-order valence-electron chi connectivity index (χ3n) is 2.31. The van der Waals surface area contributed by atoms with Gasteiger partial charge in [0.25, 0.3) is 5.69 Å². The molecule has 0 aromatic heterocycles. The quantitative estimate of drug-likeness (QED) is 0.629. The van der Waals surface area contributed by atoms with E-state index in [4.69, 9.17) is 9.84 Å². The van der Waals surface area contributed by atoms with E-state index in [2.05, 4.69) is 0 Å². The Kier molecular flexibility index (Phi) is 4.03. The van der Waals surface area contributed by atoms with Gasteiger partial charge in [0.05, 0.1) is 17.1 Å². The SMILES string of the molecule is CCC(C)Oc1cc([N+](=O)[O-])ccc1C(=O)O. The third kappa shape index (κ3) is 3.17. The normalized spacial score (nSPS) is 11.9. The number of ether oxygens (including phenoxy) is 1. The van der Waals surface area contributed by atoms with Crippen LogP contribution in [0.3, 0.4) is 0 Å². The molecule has 0 heterocycles. The lowest BCUT2D eigenvalue weighted by molar-refractivity contribution is -0.384. The molecule has 1 unspecified atom stereocenters. The van der Waals surface area contributed by atoms with E-state index in [-0.39, 0.29) is 23.1 Å². The van der Waals surface area contributed by atoms with Gasteiger partial charge in [0, 0.05) is 6.07 Å². The van der Waals surface area contributed by atoms with Crippen molar-refractivity contribution in [2.45, 2.75) is 26.4 Å². The molecule has 0 bridgehead atoms. The number of nitro benzene ring substituents is 1. The first-order valence-electron chi connectivity index (χ1n) is 5.14. The molecule has 1 atom stereocenters. The van der Waals surface area contributed by atoms with Crippen molar-refractivity contribution < 1.29 is 19.6 Å². The average molecular weight is 239 g/mol. The number of non-ortho nitro benzene ring substituents is 1. The van der Waals surface area contributed by atoms with E-state index in [0.29, 0.717) is 6.42 Å². The smallest absolute Gasteiger partial charge is 0.339 e. The highest BCUT2D eigenvalue weighted by atomic mass is 16.6. The molecule has 17 heavy (non-hydrogen) atoms. The standard InChI is InChI=1S/C11H13NO5/c1-3-7(2)17-10-6-8(12(15)16)4-5-9(10)11(13)14/h4-7H,3H2,1-2H3,(H,13,14). The Morgan fingerprint density at radius 2 is 2.24 bits per heavy atom. The van der Waals surface area contributed by atoms with Crippen molar-refractivity contribution in [3.8, 4) is 5.75 Å². The van der Waals surface area contributed by atoms with Crippen LogP contribution in [0.15, 0.2) is 18.2 Å². The topological polar surface area (TPSA) is 89.7 Å². The van der Waals surface area contributed by atoms with Crippen LogP contribution in [-0.2, 0) is 0 Å². The zero-order valence-corrected chi connectivity index (χ0v) is 9.54. The van der Waals surface area contributed by atoms with Crippen molar-refractivity contribution in [2.75, 3.05) is 0 Å². The van der Waals surface area contributed by atoms with Crippen molar-refractivity contribution in [2.24, 2.45) is 0 Å². The fourth-order valence-corrected chi connectivity index (χ4v) is 1.20. The summed E-state index contributed by atoms with van der Waals surface area (Å²) in [6, 6.07) is 3.46. The predicted octanol–water partition coefficient (Wildman–Crippen LogP) is 2.47. The number of nitro groups is 1.